The van der Waals surface area contributed by atoms with Gasteiger partial charge in [-0.2, -0.15) is 0 Å². The molecule has 0 saturated carbocycles. The van der Waals surface area contributed by atoms with Gasteiger partial charge in [-0.25, -0.2) is 9.69 Å². The molecule has 108 valence electrons. The highest BCUT2D eigenvalue weighted by Crippen LogP contribution is 2.11. The molecule has 0 spiro atoms. The van der Waals surface area contributed by atoms with Crippen molar-refractivity contribution in [3.8, 4) is 0 Å². The van der Waals surface area contributed by atoms with Crippen molar-refractivity contribution in [1.29, 1.82) is 0 Å². The van der Waals surface area contributed by atoms with Crippen molar-refractivity contribution in [3.05, 3.63) is 29.8 Å². The summed E-state index contributed by atoms with van der Waals surface area (Å²) in [4.78, 5) is 24.8. The van der Waals surface area contributed by atoms with Crippen LogP contribution in [0, 0.1) is 0 Å². The van der Waals surface area contributed by atoms with Crippen LogP contribution in [0.1, 0.15) is 31.1 Å². The highest BCUT2D eigenvalue weighted by Gasteiger charge is 2.28. The molecule has 0 heterocycles. The summed E-state index contributed by atoms with van der Waals surface area (Å²) in [7, 11) is -0.515. The summed E-state index contributed by atoms with van der Waals surface area (Å²) in [5.41, 5.74) is -0.648. The lowest BCUT2D eigenvalue weighted by atomic mass is 9.77. The molecule has 2 N–H and O–H groups in total. The second-order valence-electron chi connectivity index (χ2n) is 5.31. The van der Waals surface area contributed by atoms with Gasteiger partial charge in [0, 0.05) is 12.6 Å². The van der Waals surface area contributed by atoms with Crippen LogP contribution in [-0.4, -0.2) is 46.7 Å². The minimum atomic E-state index is -1.79. The summed E-state index contributed by atoms with van der Waals surface area (Å²) in [6, 6.07) is 5.96. The standard InChI is InChI=1S/C13H18BNO5/c1-13(2,3)20-12(17)15(4)11(16)9-7-5-6-8-10(9)14(18)19/h5-8,18-19H,1-4H3. The number of hydrogen-bond donors (Lipinski definition) is 2. The van der Waals surface area contributed by atoms with E-state index in [1.807, 2.05) is 0 Å². The molecule has 1 aromatic carbocycles. The first-order chi connectivity index (χ1) is 9.13. The fraction of sp³-hybridized carbons (Fsp3) is 0.385. The van der Waals surface area contributed by atoms with E-state index in [0.717, 1.165) is 4.90 Å². The average Bonchev–Trinajstić information content (AvgIpc) is 2.34. The maximum Gasteiger partial charge on any atom is 0.489 e. The van der Waals surface area contributed by atoms with Crippen LogP contribution in [0.2, 0.25) is 0 Å². The van der Waals surface area contributed by atoms with E-state index in [9.17, 15) is 19.6 Å². The van der Waals surface area contributed by atoms with Gasteiger partial charge in [0.05, 0.1) is 0 Å². The van der Waals surface area contributed by atoms with Gasteiger partial charge in [-0.3, -0.25) is 4.79 Å². The van der Waals surface area contributed by atoms with Crippen molar-refractivity contribution < 1.29 is 24.4 Å². The number of hydrogen-bond acceptors (Lipinski definition) is 5. The molecule has 0 atom stereocenters. The molecule has 0 radical (unpaired) electrons. The lowest BCUT2D eigenvalue weighted by Gasteiger charge is -2.24. The summed E-state index contributed by atoms with van der Waals surface area (Å²) in [5, 5.41) is 18.5. The quantitative estimate of drug-likeness (QED) is 0.764. The number of ether oxygens (including phenoxy) is 1. The van der Waals surface area contributed by atoms with Crippen molar-refractivity contribution in [2.75, 3.05) is 7.05 Å². The summed E-state index contributed by atoms with van der Waals surface area (Å²) in [6.07, 6.45) is -0.801. The Labute approximate surface area is 118 Å². The summed E-state index contributed by atoms with van der Waals surface area (Å²) in [6.45, 7) is 5.07. The first-order valence-electron chi connectivity index (χ1n) is 6.09. The Kier molecular flexibility index (Phi) is 4.91. The van der Waals surface area contributed by atoms with E-state index in [1.165, 1.54) is 19.2 Å². The molecule has 0 bridgehead atoms. The molecule has 1 aromatic rings. The lowest BCUT2D eigenvalue weighted by Crippen LogP contribution is -2.42. The normalized spacial score (nSPS) is 10.9. The van der Waals surface area contributed by atoms with Gasteiger partial charge in [0.15, 0.2) is 0 Å². The fourth-order valence-electron chi connectivity index (χ4n) is 1.51. The number of rotatable bonds is 2. The zero-order valence-electron chi connectivity index (χ0n) is 12.0. The topological polar surface area (TPSA) is 87.1 Å². The fourth-order valence-corrected chi connectivity index (χ4v) is 1.51. The summed E-state index contributed by atoms with van der Waals surface area (Å²) < 4.78 is 5.08. The van der Waals surface area contributed by atoms with Gasteiger partial charge in [-0.1, -0.05) is 18.2 Å². The lowest BCUT2D eigenvalue weighted by molar-refractivity contribution is 0.0285. The molecule has 0 saturated heterocycles. The van der Waals surface area contributed by atoms with Crippen LogP contribution in [0.5, 0.6) is 0 Å². The average molecular weight is 279 g/mol. The van der Waals surface area contributed by atoms with Gasteiger partial charge in [-0.15, -0.1) is 0 Å². The summed E-state index contributed by atoms with van der Waals surface area (Å²) >= 11 is 0. The Morgan fingerprint density at radius 3 is 2.25 bits per heavy atom. The molecule has 0 aliphatic heterocycles. The van der Waals surface area contributed by atoms with Gasteiger partial charge in [0.2, 0.25) is 0 Å². The Morgan fingerprint density at radius 1 is 1.20 bits per heavy atom. The maximum absolute atomic E-state index is 12.2. The molecular formula is C13H18BNO5. The van der Waals surface area contributed by atoms with Gasteiger partial charge in [0.25, 0.3) is 5.91 Å². The van der Waals surface area contributed by atoms with E-state index in [-0.39, 0.29) is 11.0 Å². The molecule has 0 unspecified atom stereocenters. The number of benzene rings is 1. The van der Waals surface area contributed by atoms with E-state index in [0.29, 0.717) is 0 Å². The van der Waals surface area contributed by atoms with Crippen LogP contribution in [0.4, 0.5) is 4.79 Å². The largest absolute Gasteiger partial charge is 0.489 e. The van der Waals surface area contributed by atoms with E-state index in [4.69, 9.17) is 4.74 Å². The highest BCUT2D eigenvalue weighted by atomic mass is 16.6. The third-order valence-corrected chi connectivity index (χ3v) is 2.44. The Morgan fingerprint density at radius 2 is 1.75 bits per heavy atom. The molecule has 0 aromatic heterocycles. The van der Waals surface area contributed by atoms with Crippen molar-refractivity contribution in [2.24, 2.45) is 0 Å². The van der Waals surface area contributed by atoms with Gasteiger partial charge in [0.1, 0.15) is 5.60 Å². The Bertz CT molecular complexity index is 510. The predicted molar refractivity (Wildman–Crippen MR) is 74.6 cm³/mol. The zero-order chi connectivity index (χ0) is 15.5. The van der Waals surface area contributed by atoms with Crippen LogP contribution < -0.4 is 5.46 Å². The molecule has 2 amide bonds. The van der Waals surface area contributed by atoms with E-state index in [1.54, 1.807) is 32.9 Å². The molecular weight excluding hydrogens is 261 g/mol. The predicted octanol–water partition coefficient (Wildman–Crippen LogP) is 0.373. The van der Waals surface area contributed by atoms with Crippen LogP contribution in [0.15, 0.2) is 24.3 Å². The Hall–Kier alpha value is -1.86. The Balaban J connectivity index is 2.98. The van der Waals surface area contributed by atoms with Crippen LogP contribution in [0.25, 0.3) is 0 Å². The van der Waals surface area contributed by atoms with Crippen LogP contribution in [0.3, 0.4) is 0 Å². The first-order valence-corrected chi connectivity index (χ1v) is 6.09. The maximum atomic E-state index is 12.2. The second-order valence-corrected chi connectivity index (χ2v) is 5.31. The number of imide groups is 1. The highest BCUT2D eigenvalue weighted by molar-refractivity contribution is 6.60. The van der Waals surface area contributed by atoms with E-state index >= 15 is 0 Å². The summed E-state index contributed by atoms with van der Waals surface area (Å²) in [5.74, 6) is -0.664. The first kappa shape index (κ1) is 16.2. The minimum Gasteiger partial charge on any atom is -0.443 e. The third-order valence-electron chi connectivity index (χ3n) is 2.44. The number of amides is 2. The molecule has 0 aliphatic carbocycles. The van der Waals surface area contributed by atoms with E-state index in [2.05, 4.69) is 0 Å². The van der Waals surface area contributed by atoms with Gasteiger partial charge >= 0.3 is 13.2 Å². The zero-order valence-corrected chi connectivity index (χ0v) is 12.0. The number of carbonyl (C=O) groups excluding carboxylic acids is 2. The van der Waals surface area contributed by atoms with Crippen molar-refractivity contribution in [2.45, 2.75) is 26.4 Å². The van der Waals surface area contributed by atoms with E-state index < -0.39 is 24.7 Å². The molecule has 1 rings (SSSR count). The smallest absolute Gasteiger partial charge is 0.443 e. The minimum absolute atomic E-state index is 0.0351. The number of carbonyl (C=O) groups is 2. The van der Waals surface area contributed by atoms with Crippen LogP contribution in [-0.2, 0) is 4.74 Å². The molecule has 6 nitrogen and oxygen atoms in total. The third kappa shape index (κ3) is 4.08. The molecule has 7 heteroatoms. The van der Waals surface area contributed by atoms with Crippen molar-refractivity contribution in [3.63, 3.8) is 0 Å². The van der Waals surface area contributed by atoms with Crippen LogP contribution >= 0.6 is 0 Å². The van der Waals surface area contributed by atoms with Crippen molar-refractivity contribution in [1.82, 2.24) is 4.90 Å². The monoisotopic (exact) mass is 279 g/mol. The molecule has 0 aliphatic rings. The second kappa shape index (κ2) is 6.07. The van der Waals surface area contributed by atoms with Gasteiger partial charge in [-0.05, 0) is 32.3 Å². The molecule has 20 heavy (non-hydrogen) atoms. The SMILES string of the molecule is CN(C(=O)OC(C)(C)C)C(=O)c1ccccc1B(O)O. The van der Waals surface area contributed by atoms with Crippen molar-refractivity contribution >= 4 is 24.6 Å². The number of nitrogens with zero attached hydrogens (tertiary/aromatic N) is 1. The molecule has 0 fully saturated rings. The van der Waals surface area contributed by atoms with Gasteiger partial charge < -0.3 is 14.8 Å².